The van der Waals surface area contributed by atoms with Crippen molar-refractivity contribution in [3.63, 3.8) is 0 Å². The average molecular weight is 947 g/mol. The van der Waals surface area contributed by atoms with Gasteiger partial charge < -0.3 is 94.4 Å². The molecule has 19 nitrogen and oxygen atoms in total. The molecule has 0 aromatic carbocycles. The topological polar surface area (TPSA) is 307 Å². The Kier molecular flexibility index (Phi) is 12.9. The molecule has 5 aliphatic carbocycles. The number of aliphatic hydroxyl groups is 12. The highest BCUT2D eigenvalue weighted by molar-refractivity contribution is 5.33. The van der Waals surface area contributed by atoms with Crippen LogP contribution in [0.15, 0.2) is 0 Å². The van der Waals surface area contributed by atoms with Gasteiger partial charge in [0.2, 0.25) is 0 Å². The van der Waals surface area contributed by atoms with Crippen molar-refractivity contribution in [3.05, 3.63) is 0 Å². The van der Waals surface area contributed by atoms with Crippen LogP contribution in [0.4, 0.5) is 0 Å². The SMILES string of the molecule is CC(C)(O[C@H]1O[C@@H](CO)[C@H](O)[C@@H](O)[C@@H]1O)[C@@H]1CC[C@](C)([C@H]2[C@@H](O)C[C@@]3(C)[C@@H]4C[C@H](O[C@H]5O[C@@H](CO)[C@H](O)[C@@H](O)[C@@H]5O)C5C(C)(C)[C@@H](OC6OC[C@@H](O)[C@H](O)[C@H]6O)CC[C@@]56C[C@@]46CC[C@]23C)O1. The van der Waals surface area contributed by atoms with Crippen molar-refractivity contribution < 1.29 is 94.4 Å². The maximum absolute atomic E-state index is 12.5. The Morgan fingerprint density at radius 2 is 1.20 bits per heavy atom. The summed E-state index contributed by atoms with van der Waals surface area (Å²) in [6, 6.07) is 0. The van der Waals surface area contributed by atoms with Crippen LogP contribution in [0.5, 0.6) is 0 Å². The number of aliphatic hydroxyl groups excluding tert-OH is 12. The standard InChI is InChI=1S/C47H78O19/c1-41(2)26(64-38-33(57)28(52)21(51)18-60-38)9-11-47-19-46(47)13-12-43(5)36(45(7)10-8-27(65-45)42(3,4)66-40-35(59)32(56)30(54)24(17-49)63-40)20(50)15-44(43,6)25(46)14-22(37(41)47)61-39-34(58)31(55)29(53)23(16-48)62-39/h20-40,48-59H,8-19H2,1-7H3/t20-,21+,22-,23-,24-,25-,26-,27-,28-,29-,30-,31+,32+,33+,34-,35-,36-,37?,38?,39-,40+,43+,44-,45+,46-,47+/m0/s1. The summed E-state index contributed by atoms with van der Waals surface area (Å²) in [5.74, 6) is -0.523. The van der Waals surface area contributed by atoms with Gasteiger partial charge in [-0.3, -0.25) is 0 Å². The van der Waals surface area contributed by atoms with Gasteiger partial charge in [-0.15, -0.1) is 0 Å². The van der Waals surface area contributed by atoms with Crippen molar-refractivity contribution >= 4 is 0 Å². The number of ether oxygens (including phenoxy) is 7. The van der Waals surface area contributed by atoms with Gasteiger partial charge in [0, 0.05) is 5.92 Å². The maximum Gasteiger partial charge on any atom is 0.187 e. The van der Waals surface area contributed by atoms with E-state index >= 15 is 0 Å². The first-order valence-electron chi connectivity index (χ1n) is 24.4. The van der Waals surface area contributed by atoms with Crippen LogP contribution in [0, 0.1) is 44.8 Å². The molecule has 9 fully saturated rings. The molecule has 0 radical (unpaired) electrons. The molecule has 4 aliphatic heterocycles. The maximum atomic E-state index is 12.5. The van der Waals surface area contributed by atoms with E-state index in [9.17, 15) is 61.3 Å². The zero-order valence-electron chi connectivity index (χ0n) is 39.3. The normalized spacial score (nSPS) is 58.0. The van der Waals surface area contributed by atoms with Crippen LogP contribution in [-0.4, -0.2) is 203 Å². The van der Waals surface area contributed by atoms with E-state index in [1.54, 1.807) is 0 Å². The van der Waals surface area contributed by atoms with Crippen molar-refractivity contribution in [1.82, 2.24) is 0 Å². The summed E-state index contributed by atoms with van der Waals surface area (Å²) in [5, 5.41) is 129. The molecule has 4 saturated heterocycles. The summed E-state index contributed by atoms with van der Waals surface area (Å²) in [6.07, 6.45) is -16.3. The first-order valence-corrected chi connectivity index (χ1v) is 24.4. The quantitative estimate of drug-likeness (QED) is 0.112. The summed E-state index contributed by atoms with van der Waals surface area (Å²) in [4.78, 5) is 0. The largest absolute Gasteiger partial charge is 0.394 e. The molecule has 0 aromatic rings. The van der Waals surface area contributed by atoms with Crippen LogP contribution in [0.25, 0.3) is 0 Å². The van der Waals surface area contributed by atoms with Crippen molar-refractivity contribution in [2.45, 2.75) is 228 Å². The highest BCUT2D eigenvalue weighted by Gasteiger charge is 2.85. The van der Waals surface area contributed by atoms with E-state index in [1.165, 1.54) is 0 Å². The second-order valence-electron chi connectivity index (χ2n) is 23.8. The van der Waals surface area contributed by atoms with Crippen molar-refractivity contribution in [1.29, 1.82) is 0 Å². The van der Waals surface area contributed by atoms with Gasteiger partial charge >= 0.3 is 0 Å². The number of hydrogen-bond acceptors (Lipinski definition) is 19. The van der Waals surface area contributed by atoms with E-state index in [4.69, 9.17) is 33.2 Å². The Labute approximate surface area is 386 Å². The van der Waals surface area contributed by atoms with Crippen LogP contribution in [-0.2, 0) is 33.2 Å². The molecule has 0 bridgehead atoms. The van der Waals surface area contributed by atoms with Crippen LogP contribution in [0.1, 0.15) is 106 Å². The zero-order chi connectivity index (χ0) is 48.1. The highest BCUT2D eigenvalue weighted by Crippen LogP contribution is 2.89. The number of hydrogen-bond donors (Lipinski definition) is 12. The fourth-order valence-corrected chi connectivity index (χ4v) is 16.4. The van der Waals surface area contributed by atoms with Crippen LogP contribution >= 0.6 is 0 Å². The predicted molar refractivity (Wildman–Crippen MR) is 226 cm³/mol. The summed E-state index contributed by atoms with van der Waals surface area (Å²) >= 11 is 0. The van der Waals surface area contributed by atoms with E-state index in [0.717, 1.165) is 25.7 Å². The monoisotopic (exact) mass is 947 g/mol. The average Bonchev–Trinajstić information content (AvgIpc) is 3.63. The zero-order valence-corrected chi connectivity index (χ0v) is 39.3. The molecule has 2 spiro atoms. The first-order chi connectivity index (χ1) is 30.8. The van der Waals surface area contributed by atoms with Gasteiger partial charge in [-0.1, -0.05) is 27.7 Å². The van der Waals surface area contributed by atoms with E-state index < -0.39 is 151 Å². The van der Waals surface area contributed by atoms with Gasteiger partial charge in [0.15, 0.2) is 18.9 Å². The Bertz CT molecular complexity index is 1770. The van der Waals surface area contributed by atoms with E-state index in [0.29, 0.717) is 32.1 Å². The van der Waals surface area contributed by atoms with Crippen molar-refractivity contribution in [3.8, 4) is 0 Å². The summed E-state index contributed by atoms with van der Waals surface area (Å²) < 4.78 is 44.3. The minimum Gasteiger partial charge on any atom is -0.394 e. The number of fused-ring (bicyclic) bond motifs is 2. The molecule has 4 heterocycles. The van der Waals surface area contributed by atoms with Gasteiger partial charge in [-0.2, -0.15) is 0 Å². The van der Waals surface area contributed by atoms with Gasteiger partial charge in [-0.05, 0) is 117 Å². The lowest BCUT2D eigenvalue weighted by molar-refractivity contribution is -0.339. The molecular weight excluding hydrogens is 868 g/mol. The fraction of sp³-hybridized carbons (Fsp3) is 1.00. The lowest BCUT2D eigenvalue weighted by Crippen LogP contribution is -2.65. The highest BCUT2D eigenvalue weighted by atomic mass is 16.7. The van der Waals surface area contributed by atoms with E-state index in [1.807, 2.05) is 13.8 Å². The Hall–Kier alpha value is -0.760. The smallest absolute Gasteiger partial charge is 0.187 e. The molecule has 9 rings (SSSR count). The molecule has 380 valence electrons. The summed E-state index contributed by atoms with van der Waals surface area (Å²) in [5.41, 5.74) is -3.88. The lowest BCUT2D eigenvalue weighted by Gasteiger charge is -2.65. The fourth-order valence-electron chi connectivity index (χ4n) is 16.4. The molecule has 9 aliphatic rings. The third-order valence-corrected chi connectivity index (χ3v) is 19.9. The Morgan fingerprint density at radius 3 is 1.83 bits per heavy atom. The predicted octanol–water partition coefficient (Wildman–Crippen LogP) is -1.45. The van der Waals surface area contributed by atoms with Crippen LogP contribution < -0.4 is 0 Å². The third kappa shape index (κ3) is 7.22. The molecule has 66 heavy (non-hydrogen) atoms. The van der Waals surface area contributed by atoms with Crippen LogP contribution in [0.2, 0.25) is 0 Å². The van der Waals surface area contributed by atoms with Crippen LogP contribution in [0.3, 0.4) is 0 Å². The molecule has 0 aromatic heterocycles. The van der Waals surface area contributed by atoms with E-state index in [-0.39, 0.29) is 35.2 Å². The molecular formula is C47H78O19. The van der Waals surface area contributed by atoms with Gasteiger partial charge in [0.05, 0.1) is 55.4 Å². The van der Waals surface area contributed by atoms with Crippen molar-refractivity contribution in [2.75, 3.05) is 19.8 Å². The number of rotatable bonds is 10. The summed E-state index contributed by atoms with van der Waals surface area (Å²) in [6.45, 7) is 13.0. The second kappa shape index (κ2) is 16.9. The third-order valence-electron chi connectivity index (χ3n) is 19.9. The molecule has 19 heteroatoms. The van der Waals surface area contributed by atoms with Crippen molar-refractivity contribution in [2.24, 2.45) is 44.8 Å². The molecule has 5 saturated carbocycles. The summed E-state index contributed by atoms with van der Waals surface area (Å²) in [7, 11) is 0. The Balaban J connectivity index is 1.01. The molecule has 0 amide bonds. The lowest BCUT2D eigenvalue weighted by atomic mass is 9.41. The molecule has 26 atom stereocenters. The Morgan fingerprint density at radius 1 is 0.591 bits per heavy atom. The van der Waals surface area contributed by atoms with E-state index in [2.05, 4.69) is 34.6 Å². The van der Waals surface area contributed by atoms with Gasteiger partial charge in [0.1, 0.15) is 67.1 Å². The minimum absolute atomic E-state index is 0.00898. The first kappa shape index (κ1) is 50.2. The second-order valence-corrected chi connectivity index (χ2v) is 23.8. The van der Waals surface area contributed by atoms with Gasteiger partial charge in [-0.25, -0.2) is 0 Å². The molecule has 2 unspecified atom stereocenters. The minimum atomic E-state index is -1.65. The van der Waals surface area contributed by atoms with Gasteiger partial charge in [0.25, 0.3) is 0 Å². The molecule has 12 N–H and O–H groups in total.